The van der Waals surface area contributed by atoms with Crippen LogP contribution in [-0.4, -0.2) is 32.8 Å². The monoisotopic (exact) mass is 288 g/mol. The number of methoxy groups -OCH3 is 1. The van der Waals surface area contributed by atoms with Gasteiger partial charge in [0.1, 0.15) is 6.61 Å². The molecule has 0 aliphatic carbocycles. The van der Waals surface area contributed by atoms with Gasteiger partial charge in [0.05, 0.1) is 9.82 Å². The maximum atomic E-state index is 11.4. The summed E-state index contributed by atoms with van der Waals surface area (Å²) in [5.74, 6) is -0.353. The Morgan fingerprint density at radius 1 is 1.47 bits per heavy atom. The molecule has 0 heterocycles. The van der Waals surface area contributed by atoms with Crippen molar-refractivity contribution in [2.45, 2.75) is 11.3 Å². The van der Waals surface area contributed by atoms with Crippen LogP contribution < -0.4 is 5.14 Å². The fourth-order valence-corrected chi connectivity index (χ4v) is 2.00. The number of ketones is 1. The number of primary sulfonamides is 1. The van der Waals surface area contributed by atoms with Crippen molar-refractivity contribution in [3.8, 4) is 0 Å². The molecule has 0 unspecified atom stereocenters. The van der Waals surface area contributed by atoms with Crippen molar-refractivity contribution in [1.29, 1.82) is 0 Å². The first-order valence-corrected chi connectivity index (χ1v) is 6.61. The fraction of sp³-hybridized carbons (Fsp3) is 0.300. The van der Waals surface area contributed by atoms with E-state index in [1.807, 2.05) is 0 Å². The van der Waals surface area contributed by atoms with Crippen LogP contribution in [0.25, 0.3) is 0 Å². The van der Waals surface area contributed by atoms with Crippen LogP contribution in [0.3, 0.4) is 0 Å². The molecule has 1 aromatic carbocycles. The van der Waals surface area contributed by atoms with Crippen molar-refractivity contribution < 1.29 is 22.9 Å². The molecule has 0 atom stereocenters. The first kappa shape index (κ1) is 15.2. The largest absolute Gasteiger partial charge is 0.377 e. The zero-order valence-electron chi connectivity index (χ0n) is 10.0. The van der Waals surface area contributed by atoms with Crippen LogP contribution >= 0.6 is 0 Å². The van der Waals surface area contributed by atoms with E-state index in [4.69, 9.17) is 5.14 Å². The van der Waals surface area contributed by atoms with Crippen molar-refractivity contribution in [2.75, 3.05) is 13.7 Å². The SMILES string of the molecule is COCC(=O)Cc1ccc(S(N)(=O)=O)cc1[N+](=O)[O-]. The predicted octanol–water partition coefficient (Wildman–Crippen LogP) is 0.000200. The van der Waals surface area contributed by atoms with Crippen molar-refractivity contribution in [2.24, 2.45) is 5.14 Å². The van der Waals surface area contributed by atoms with Gasteiger partial charge in [-0.25, -0.2) is 13.6 Å². The smallest absolute Gasteiger partial charge is 0.274 e. The van der Waals surface area contributed by atoms with Crippen molar-refractivity contribution in [1.82, 2.24) is 0 Å². The lowest BCUT2D eigenvalue weighted by Gasteiger charge is -2.04. The third-order valence-corrected chi connectivity index (χ3v) is 3.19. The molecule has 0 saturated carbocycles. The Hall–Kier alpha value is -1.84. The Morgan fingerprint density at radius 3 is 2.58 bits per heavy atom. The van der Waals surface area contributed by atoms with E-state index in [-0.39, 0.29) is 29.3 Å². The second-order valence-electron chi connectivity index (χ2n) is 3.74. The van der Waals surface area contributed by atoms with Crippen LogP contribution in [0.5, 0.6) is 0 Å². The summed E-state index contributed by atoms with van der Waals surface area (Å²) >= 11 is 0. The van der Waals surface area contributed by atoms with E-state index >= 15 is 0 Å². The number of nitrogens with two attached hydrogens (primary N) is 1. The summed E-state index contributed by atoms with van der Waals surface area (Å²) in [6.45, 7) is -0.173. The number of sulfonamides is 1. The number of benzene rings is 1. The zero-order valence-corrected chi connectivity index (χ0v) is 10.8. The molecule has 8 nitrogen and oxygen atoms in total. The third kappa shape index (κ3) is 4.09. The van der Waals surface area contributed by atoms with E-state index in [1.54, 1.807) is 0 Å². The highest BCUT2D eigenvalue weighted by molar-refractivity contribution is 7.89. The van der Waals surface area contributed by atoms with Gasteiger partial charge in [0.2, 0.25) is 10.0 Å². The van der Waals surface area contributed by atoms with E-state index in [0.29, 0.717) is 0 Å². The first-order chi connectivity index (χ1) is 8.75. The summed E-state index contributed by atoms with van der Waals surface area (Å²) < 4.78 is 26.8. The average molecular weight is 288 g/mol. The molecular formula is C10H12N2O6S. The topological polar surface area (TPSA) is 130 Å². The van der Waals surface area contributed by atoms with Crippen molar-refractivity contribution in [3.63, 3.8) is 0 Å². The number of hydrogen-bond acceptors (Lipinski definition) is 6. The molecule has 19 heavy (non-hydrogen) atoms. The Morgan fingerprint density at radius 2 is 2.11 bits per heavy atom. The summed E-state index contributed by atoms with van der Waals surface area (Å²) in [5.41, 5.74) is -0.351. The summed E-state index contributed by atoms with van der Waals surface area (Å²) in [7, 11) is -2.70. The highest BCUT2D eigenvalue weighted by Gasteiger charge is 2.20. The number of Topliss-reactive ketones (excluding diaryl/α,β-unsaturated/α-hetero) is 1. The van der Waals surface area contributed by atoms with Crippen LogP contribution in [0.15, 0.2) is 23.1 Å². The first-order valence-electron chi connectivity index (χ1n) is 5.06. The number of nitro benzene ring substituents is 1. The van der Waals surface area contributed by atoms with Gasteiger partial charge in [-0.1, -0.05) is 6.07 Å². The zero-order chi connectivity index (χ0) is 14.6. The van der Waals surface area contributed by atoms with Crippen LogP contribution in [0.1, 0.15) is 5.56 Å². The number of ether oxygens (including phenoxy) is 1. The van der Waals surface area contributed by atoms with E-state index in [9.17, 15) is 23.3 Å². The van der Waals surface area contributed by atoms with Gasteiger partial charge in [0.15, 0.2) is 5.78 Å². The van der Waals surface area contributed by atoms with Gasteiger partial charge in [-0.2, -0.15) is 0 Å². The highest BCUT2D eigenvalue weighted by atomic mass is 32.2. The fourth-order valence-electron chi connectivity index (χ4n) is 1.46. The molecule has 2 N–H and O–H groups in total. The Kier molecular flexibility index (Phi) is 4.70. The van der Waals surface area contributed by atoms with Gasteiger partial charge < -0.3 is 4.74 Å². The van der Waals surface area contributed by atoms with Gasteiger partial charge in [0, 0.05) is 25.2 Å². The number of rotatable bonds is 6. The number of hydrogen-bond donors (Lipinski definition) is 1. The van der Waals surface area contributed by atoms with Crippen LogP contribution in [-0.2, 0) is 26.0 Å². The lowest BCUT2D eigenvalue weighted by molar-refractivity contribution is -0.385. The molecule has 0 aliphatic rings. The van der Waals surface area contributed by atoms with Crippen LogP contribution in [0, 0.1) is 10.1 Å². The van der Waals surface area contributed by atoms with Gasteiger partial charge in [-0.15, -0.1) is 0 Å². The van der Waals surface area contributed by atoms with Gasteiger partial charge >= 0.3 is 0 Å². The van der Waals surface area contributed by atoms with E-state index < -0.39 is 20.6 Å². The molecule has 0 aromatic heterocycles. The highest BCUT2D eigenvalue weighted by Crippen LogP contribution is 2.23. The van der Waals surface area contributed by atoms with Crippen molar-refractivity contribution in [3.05, 3.63) is 33.9 Å². The maximum absolute atomic E-state index is 11.4. The molecule has 9 heteroatoms. The lowest BCUT2D eigenvalue weighted by Crippen LogP contribution is -2.14. The van der Waals surface area contributed by atoms with E-state index in [0.717, 1.165) is 12.1 Å². The molecule has 0 spiro atoms. The molecule has 104 valence electrons. The van der Waals surface area contributed by atoms with E-state index in [1.165, 1.54) is 13.2 Å². The minimum atomic E-state index is -4.03. The number of carbonyl (C=O) groups excluding carboxylic acids is 1. The normalized spacial score (nSPS) is 11.3. The lowest BCUT2D eigenvalue weighted by atomic mass is 10.1. The summed E-state index contributed by atoms with van der Waals surface area (Å²) in [6.07, 6.45) is -0.213. The molecule has 1 aromatic rings. The molecule has 0 amide bonds. The molecule has 0 saturated heterocycles. The number of nitrogens with zero attached hydrogens (tertiary/aromatic N) is 1. The standard InChI is InChI=1S/C10H12N2O6S/c1-18-6-8(13)4-7-2-3-9(19(11,16)17)5-10(7)12(14)15/h2-3,5H,4,6H2,1H3,(H2,11,16,17). The quantitative estimate of drug-likeness (QED) is 0.579. The van der Waals surface area contributed by atoms with Gasteiger partial charge in [0.25, 0.3) is 5.69 Å². The molecule has 0 bridgehead atoms. The molecule has 0 radical (unpaired) electrons. The second kappa shape index (κ2) is 5.87. The minimum Gasteiger partial charge on any atom is -0.377 e. The Labute approximate surface area is 109 Å². The predicted molar refractivity (Wildman–Crippen MR) is 65.1 cm³/mol. The van der Waals surface area contributed by atoms with Crippen LogP contribution in [0.2, 0.25) is 0 Å². The molecular weight excluding hydrogens is 276 g/mol. The molecule has 0 aliphatic heterocycles. The summed E-state index contributed by atoms with van der Waals surface area (Å²) in [5, 5.41) is 15.8. The van der Waals surface area contributed by atoms with E-state index in [2.05, 4.69) is 4.74 Å². The number of nitro groups is 1. The summed E-state index contributed by atoms with van der Waals surface area (Å²) in [6, 6.07) is 3.16. The summed E-state index contributed by atoms with van der Waals surface area (Å²) in [4.78, 5) is 21.1. The molecule has 1 rings (SSSR count). The molecule has 0 fully saturated rings. The van der Waals surface area contributed by atoms with Gasteiger partial charge in [-0.3, -0.25) is 14.9 Å². The maximum Gasteiger partial charge on any atom is 0.274 e. The average Bonchev–Trinajstić information content (AvgIpc) is 2.27. The van der Waals surface area contributed by atoms with Crippen LogP contribution in [0.4, 0.5) is 5.69 Å². The van der Waals surface area contributed by atoms with Crippen molar-refractivity contribution >= 4 is 21.5 Å². The third-order valence-electron chi connectivity index (χ3n) is 2.27. The Balaban J connectivity index is 3.20. The number of carbonyl (C=O) groups is 1. The van der Waals surface area contributed by atoms with Gasteiger partial charge in [-0.05, 0) is 6.07 Å². The Bertz CT molecular complexity index is 610. The minimum absolute atomic E-state index is 0.111. The second-order valence-corrected chi connectivity index (χ2v) is 5.30.